The van der Waals surface area contributed by atoms with Crippen molar-refractivity contribution in [2.75, 3.05) is 18.4 Å². The van der Waals surface area contributed by atoms with Crippen molar-refractivity contribution < 1.29 is 4.79 Å². The van der Waals surface area contributed by atoms with Crippen LogP contribution in [0, 0.1) is 18.8 Å². The lowest BCUT2D eigenvalue weighted by atomic mass is 10.0. The first kappa shape index (κ1) is 14.9. The molecule has 1 atom stereocenters. The smallest absolute Gasteiger partial charge is 0.251 e. The Kier molecular flexibility index (Phi) is 5.05. The van der Waals surface area contributed by atoms with Crippen molar-refractivity contribution in [3.8, 4) is 0 Å². The number of nitrogens with one attached hydrogen (secondary N) is 2. The van der Waals surface area contributed by atoms with E-state index in [2.05, 4.69) is 30.5 Å². The Bertz CT molecular complexity index is 466. The van der Waals surface area contributed by atoms with Gasteiger partial charge in [-0.05, 0) is 61.8 Å². The summed E-state index contributed by atoms with van der Waals surface area (Å²) in [6.45, 7) is 8.12. The first-order chi connectivity index (χ1) is 9.61. The zero-order valence-electron chi connectivity index (χ0n) is 12.8. The van der Waals surface area contributed by atoms with E-state index in [1.165, 1.54) is 12.8 Å². The lowest BCUT2D eigenvalue weighted by molar-refractivity contribution is 0.0946. The molecular weight excluding hydrogens is 248 g/mol. The van der Waals surface area contributed by atoms with Crippen LogP contribution in [-0.2, 0) is 0 Å². The van der Waals surface area contributed by atoms with Crippen LogP contribution in [0.2, 0.25) is 0 Å². The molecule has 1 aromatic carbocycles. The maximum Gasteiger partial charge on any atom is 0.251 e. The number of carbonyl (C=O) groups excluding carboxylic acids is 1. The van der Waals surface area contributed by atoms with E-state index in [-0.39, 0.29) is 5.91 Å². The molecule has 2 rings (SSSR count). The molecule has 110 valence electrons. The number of amides is 1. The van der Waals surface area contributed by atoms with Crippen LogP contribution in [0.1, 0.15) is 49.0 Å². The molecule has 0 heterocycles. The highest BCUT2D eigenvalue weighted by atomic mass is 16.1. The van der Waals surface area contributed by atoms with Crippen LogP contribution in [-0.4, -0.2) is 19.0 Å². The van der Waals surface area contributed by atoms with Gasteiger partial charge in [-0.3, -0.25) is 4.79 Å². The predicted molar refractivity (Wildman–Crippen MR) is 84.2 cm³/mol. The molecule has 0 saturated heterocycles. The van der Waals surface area contributed by atoms with Gasteiger partial charge in [0.2, 0.25) is 0 Å². The van der Waals surface area contributed by atoms with Gasteiger partial charge in [-0.15, -0.1) is 0 Å². The molecule has 0 bridgehead atoms. The van der Waals surface area contributed by atoms with Crippen LogP contribution in [0.4, 0.5) is 5.69 Å². The van der Waals surface area contributed by atoms with Gasteiger partial charge in [0.15, 0.2) is 0 Å². The Balaban J connectivity index is 1.91. The summed E-state index contributed by atoms with van der Waals surface area (Å²) >= 11 is 0. The van der Waals surface area contributed by atoms with E-state index in [1.54, 1.807) is 0 Å². The van der Waals surface area contributed by atoms with E-state index in [0.717, 1.165) is 42.2 Å². The van der Waals surface area contributed by atoms with Gasteiger partial charge in [0.1, 0.15) is 0 Å². The van der Waals surface area contributed by atoms with Gasteiger partial charge in [0.25, 0.3) is 5.91 Å². The third-order valence-electron chi connectivity index (χ3n) is 4.06. The minimum Gasteiger partial charge on any atom is -0.385 e. The zero-order chi connectivity index (χ0) is 14.5. The third-order valence-corrected chi connectivity index (χ3v) is 4.06. The summed E-state index contributed by atoms with van der Waals surface area (Å²) in [6.07, 6.45) is 3.75. The van der Waals surface area contributed by atoms with Crippen LogP contribution in [0.5, 0.6) is 0 Å². The Hall–Kier alpha value is -1.51. The molecule has 0 spiro atoms. The first-order valence-corrected chi connectivity index (χ1v) is 7.74. The van der Waals surface area contributed by atoms with Crippen molar-refractivity contribution in [1.29, 1.82) is 0 Å². The second-order valence-electron chi connectivity index (χ2n) is 5.98. The minimum atomic E-state index is 0.0528. The zero-order valence-corrected chi connectivity index (χ0v) is 12.8. The molecule has 0 aliphatic heterocycles. The summed E-state index contributed by atoms with van der Waals surface area (Å²) in [5, 5.41) is 6.41. The molecule has 1 aromatic rings. The van der Waals surface area contributed by atoms with Crippen molar-refractivity contribution in [1.82, 2.24) is 5.32 Å². The van der Waals surface area contributed by atoms with Crippen molar-refractivity contribution in [3.63, 3.8) is 0 Å². The summed E-state index contributed by atoms with van der Waals surface area (Å²) in [6, 6.07) is 5.96. The summed E-state index contributed by atoms with van der Waals surface area (Å²) in [5.74, 6) is 1.49. The lowest BCUT2D eigenvalue weighted by Gasteiger charge is -2.13. The van der Waals surface area contributed by atoms with Crippen LogP contribution in [0.3, 0.4) is 0 Å². The second-order valence-corrected chi connectivity index (χ2v) is 5.98. The number of carbonyl (C=O) groups is 1. The van der Waals surface area contributed by atoms with Gasteiger partial charge in [0, 0.05) is 24.3 Å². The van der Waals surface area contributed by atoms with E-state index in [9.17, 15) is 4.79 Å². The quantitative estimate of drug-likeness (QED) is 0.797. The van der Waals surface area contributed by atoms with E-state index < -0.39 is 0 Å². The average molecular weight is 274 g/mol. The Morgan fingerprint density at radius 1 is 1.40 bits per heavy atom. The van der Waals surface area contributed by atoms with Gasteiger partial charge < -0.3 is 10.6 Å². The topological polar surface area (TPSA) is 41.1 Å². The van der Waals surface area contributed by atoms with E-state index in [0.29, 0.717) is 5.92 Å². The van der Waals surface area contributed by atoms with Gasteiger partial charge >= 0.3 is 0 Å². The second kappa shape index (κ2) is 6.78. The Morgan fingerprint density at radius 2 is 2.15 bits per heavy atom. The van der Waals surface area contributed by atoms with Crippen LogP contribution in [0.25, 0.3) is 0 Å². The van der Waals surface area contributed by atoms with Crippen molar-refractivity contribution >= 4 is 11.6 Å². The highest BCUT2D eigenvalue weighted by Gasteiger charge is 2.27. The number of hydrogen-bond donors (Lipinski definition) is 2. The molecule has 1 aliphatic carbocycles. The first-order valence-electron chi connectivity index (χ1n) is 7.74. The molecule has 1 amide bonds. The summed E-state index contributed by atoms with van der Waals surface area (Å²) in [5.41, 5.74) is 2.91. The van der Waals surface area contributed by atoms with Crippen molar-refractivity contribution in [2.24, 2.45) is 11.8 Å². The molecule has 1 fully saturated rings. The third kappa shape index (κ3) is 3.99. The number of aryl methyl sites for hydroxylation is 1. The highest BCUT2D eigenvalue weighted by molar-refractivity contribution is 5.96. The van der Waals surface area contributed by atoms with Crippen molar-refractivity contribution in [3.05, 3.63) is 29.3 Å². The molecule has 0 radical (unpaired) electrons. The fourth-order valence-corrected chi connectivity index (χ4v) is 2.48. The summed E-state index contributed by atoms with van der Waals surface area (Å²) in [4.78, 5) is 12.2. The van der Waals surface area contributed by atoms with Crippen LogP contribution >= 0.6 is 0 Å². The normalized spacial score (nSPS) is 15.8. The van der Waals surface area contributed by atoms with Gasteiger partial charge in [-0.1, -0.05) is 13.8 Å². The molecule has 1 saturated carbocycles. The fraction of sp³-hybridized carbons (Fsp3) is 0.588. The standard InChI is InChI=1S/C17H26N2O/c1-4-9-18-15-7-8-16(12(2)10-15)17(20)19-11-13(3)14-5-6-14/h7-8,10,13-14,18H,4-6,9,11H2,1-3H3,(H,19,20). The number of benzene rings is 1. The summed E-state index contributed by atoms with van der Waals surface area (Å²) in [7, 11) is 0. The Morgan fingerprint density at radius 3 is 2.75 bits per heavy atom. The highest BCUT2D eigenvalue weighted by Crippen LogP contribution is 2.36. The molecule has 3 nitrogen and oxygen atoms in total. The lowest BCUT2D eigenvalue weighted by Crippen LogP contribution is -2.29. The fourth-order valence-electron chi connectivity index (χ4n) is 2.48. The monoisotopic (exact) mass is 274 g/mol. The largest absolute Gasteiger partial charge is 0.385 e. The number of hydrogen-bond acceptors (Lipinski definition) is 2. The SMILES string of the molecule is CCCNc1ccc(C(=O)NCC(C)C2CC2)c(C)c1. The predicted octanol–water partition coefficient (Wildman–Crippen LogP) is 3.59. The maximum atomic E-state index is 12.2. The van der Waals surface area contributed by atoms with E-state index in [1.807, 2.05) is 19.1 Å². The molecule has 0 aromatic heterocycles. The molecule has 2 N–H and O–H groups in total. The average Bonchev–Trinajstić information content (AvgIpc) is 3.26. The van der Waals surface area contributed by atoms with Gasteiger partial charge in [-0.25, -0.2) is 0 Å². The van der Waals surface area contributed by atoms with Crippen LogP contribution < -0.4 is 10.6 Å². The summed E-state index contributed by atoms with van der Waals surface area (Å²) < 4.78 is 0. The van der Waals surface area contributed by atoms with Crippen molar-refractivity contribution in [2.45, 2.75) is 40.0 Å². The molecule has 1 aliphatic rings. The maximum absolute atomic E-state index is 12.2. The minimum absolute atomic E-state index is 0.0528. The van der Waals surface area contributed by atoms with E-state index >= 15 is 0 Å². The molecule has 3 heteroatoms. The molecular formula is C17H26N2O. The molecule has 1 unspecified atom stereocenters. The Labute approximate surface area is 122 Å². The number of rotatable bonds is 7. The van der Waals surface area contributed by atoms with Gasteiger partial charge in [-0.2, -0.15) is 0 Å². The van der Waals surface area contributed by atoms with Crippen LogP contribution in [0.15, 0.2) is 18.2 Å². The number of anilines is 1. The van der Waals surface area contributed by atoms with Gasteiger partial charge in [0.05, 0.1) is 0 Å². The van der Waals surface area contributed by atoms with E-state index in [4.69, 9.17) is 0 Å². The molecule has 20 heavy (non-hydrogen) atoms.